The topological polar surface area (TPSA) is 39.2 Å². The average Bonchev–Trinajstić information content (AvgIpc) is 2.27. The lowest BCUT2D eigenvalue weighted by Crippen LogP contribution is -2.03. The molecule has 0 fully saturated rings. The maximum absolute atomic E-state index is 11.3. The lowest BCUT2D eigenvalue weighted by Gasteiger charge is -2.03. The van der Waals surface area contributed by atoms with E-state index < -0.39 is 5.97 Å². The van der Waals surface area contributed by atoms with Crippen molar-refractivity contribution in [2.45, 2.75) is 0 Å². The molecule has 0 atom stereocenters. The quantitative estimate of drug-likeness (QED) is 0.757. The minimum absolute atomic E-state index is 0.276. The van der Waals surface area contributed by atoms with Crippen LogP contribution in [0.3, 0.4) is 0 Å². The second-order valence-electron chi connectivity index (χ2n) is 3.15. The summed E-state index contributed by atoms with van der Waals surface area (Å²) in [5, 5.41) is 1.49. The van der Waals surface area contributed by atoms with Gasteiger partial charge in [0.15, 0.2) is 0 Å². The third-order valence-corrected chi connectivity index (χ3v) is 2.93. The van der Waals surface area contributed by atoms with E-state index in [1.807, 2.05) is 0 Å². The third kappa shape index (κ3) is 2.03. The van der Waals surface area contributed by atoms with Crippen LogP contribution in [0.5, 0.6) is 0 Å². The number of pyridine rings is 1. The number of methoxy groups -OCH3 is 1. The van der Waals surface area contributed by atoms with Gasteiger partial charge in [0.1, 0.15) is 5.69 Å². The van der Waals surface area contributed by atoms with E-state index in [0.717, 1.165) is 9.86 Å². The number of hydrogen-bond acceptors (Lipinski definition) is 3. The van der Waals surface area contributed by atoms with Crippen molar-refractivity contribution in [1.29, 1.82) is 0 Å². The molecule has 0 saturated carbocycles. The minimum atomic E-state index is -0.455. The number of hydrogen-bond donors (Lipinski definition) is 0. The molecule has 0 N–H and O–H groups in total. The molecule has 0 saturated heterocycles. The monoisotopic (exact) mass is 299 g/mol. The fraction of sp³-hybridized carbons (Fsp3) is 0.0909. The Morgan fingerprint density at radius 1 is 1.44 bits per heavy atom. The molecule has 2 aromatic rings. The third-order valence-electron chi connectivity index (χ3n) is 2.11. The summed E-state index contributed by atoms with van der Waals surface area (Å²) < 4.78 is 5.36. The summed E-state index contributed by atoms with van der Waals surface area (Å²) in [4.78, 5) is 15.5. The maximum Gasteiger partial charge on any atom is 0.356 e. The Hall–Kier alpha value is -1.13. The highest BCUT2D eigenvalue weighted by Crippen LogP contribution is 2.27. The molecular formula is C11H7BrClNO2. The molecule has 2 rings (SSSR count). The second kappa shape index (κ2) is 4.39. The number of rotatable bonds is 1. The molecule has 0 bridgehead atoms. The number of aromatic nitrogens is 1. The molecule has 16 heavy (non-hydrogen) atoms. The number of carbonyl (C=O) groups excluding carboxylic acids is 1. The second-order valence-corrected chi connectivity index (χ2v) is 4.44. The zero-order chi connectivity index (χ0) is 11.7. The molecule has 0 aliphatic rings. The van der Waals surface area contributed by atoms with E-state index in [2.05, 4.69) is 25.7 Å². The molecular weight excluding hydrogens is 293 g/mol. The largest absolute Gasteiger partial charge is 0.464 e. The van der Waals surface area contributed by atoms with Crippen LogP contribution in [0.2, 0.25) is 5.02 Å². The Bertz CT molecular complexity index is 571. The Labute approximate surface area is 106 Å². The van der Waals surface area contributed by atoms with Crippen LogP contribution in [-0.2, 0) is 4.74 Å². The smallest absolute Gasteiger partial charge is 0.356 e. The highest BCUT2D eigenvalue weighted by atomic mass is 79.9. The van der Waals surface area contributed by atoms with Gasteiger partial charge in [0.25, 0.3) is 0 Å². The zero-order valence-electron chi connectivity index (χ0n) is 8.33. The number of nitrogens with zero attached hydrogens (tertiary/aromatic N) is 1. The van der Waals surface area contributed by atoms with E-state index in [0.29, 0.717) is 10.5 Å². The molecule has 0 spiro atoms. The van der Waals surface area contributed by atoms with Gasteiger partial charge < -0.3 is 4.74 Å². The van der Waals surface area contributed by atoms with Gasteiger partial charge in [-0.25, -0.2) is 9.78 Å². The highest BCUT2D eigenvalue weighted by Gasteiger charge is 2.09. The van der Waals surface area contributed by atoms with Gasteiger partial charge in [-0.15, -0.1) is 0 Å². The summed E-state index contributed by atoms with van der Waals surface area (Å²) in [6, 6.07) is 6.91. The normalized spacial score (nSPS) is 10.4. The highest BCUT2D eigenvalue weighted by molar-refractivity contribution is 9.10. The van der Waals surface area contributed by atoms with Crippen molar-refractivity contribution in [3.05, 3.63) is 39.5 Å². The molecule has 1 aromatic carbocycles. The number of carbonyl (C=O) groups is 1. The van der Waals surface area contributed by atoms with Crippen LogP contribution in [0.25, 0.3) is 10.9 Å². The molecule has 0 unspecified atom stereocenters. The van der Waals surface area contributed by atoms with Gasteiger partial charge in [0.2, 0.25) is 0 Å². The summed E-state index contributed by atoms with van der Waals surface area (Å²) in [6.07, 6.45) is 0. The zero-order valence-corrected chi connectivity index (χ0v) is 10.7. The van der Waals surface area contributed by atoms with Crippen molar-refractivity contribution in [3.63, 3.8) is 0 Å². The van der Waals surface area contributed by atoms with Crippen molar-refractivity contribution in [1.82, 2.24) is 4.98 Å². The molecule has 0 amide bonds. The van der Waals surface area contributed by atoms with Gasteiger partial charge >= 0.3 is 5.97 Å². The fourth-order valence-corrected chi connectivity index (χ4v) is 2.30. The van der Waals surface area contributed by atoms with Gasteiger partial charge in [0, 0.05) is 14.9 Å². The standard InChI is InChI=1S/C11H7BrClNO2/c1-16-11(15)9-3-2-6-4-7(13)5-8(12)10(6)14-9/h2-5H,1H3. The van der Waals surface area contributed by atoms with E-state index in [-0.39, 0.29) is 5.69 Å². The van der Waals surface area contributed by atoms with Crippen LogP contribution < -0.4 is 0 Å². The molecule has 0 aliphatic carbocycles. The molecule has 0 aliphatic heterocycles. The molecule has 1 heterocycles. The van der Waals surface area contributed by atoms with Gasteiger partial charge in [-0.05, 0) is 34.1 Å². The molecule has 0 radical (unpaired) electrons. The van der Waals surface area contributed by atoms with Gasteiger partial charge in [-0.3, -0.25) is 0 Å². The molecule has 5 heteroatoms. The molecule has 3 nitrogen and oxygen atoms in total. The number of benzene rings is 1. The van der Waals surface area contributed by atoms with Crippen LogP contribution in [0.1, 0.15) is 10.5 Å². The maximum atomic E-state index is 11.3. The fourth-order valence-electron chi connectivity index (χ4n) is 1.38. The first-order chi connectivity index (χ1) is 7.61. The van der Waals surface area contributed by atoms with Gasteiger partial charge in [0.05, 0.1) is 12.6 Å². The summed E-state index contributed by atoms with van der Waals surface area (Å²) in [5.74, 6) is -0.455. The van der Waals surface area contributed by atoms with E-state index in [1.165, 1.54) is 7.11 Å². The minimum Gasteiger partial charge on any atom is -0.464 e. The summed E-state index contributed by atoms with van der Waals surface area (Å²) >= 11 is 9.26. The number of fused-ring (bicyclic) bond motifs is 1. The molecule has 82 valence electrons. The van der Waals surface area contributed by atoms with E-state index in [9.17, 15) is 4.79 Å². The molecule has 1 aromatic heterocycles. The first-order valence-electron chi connectivity index (χ1n) is 4.46. The van der Waals surface area contributed by atoms with Crippen LogP contribution in [0, 0.1) is 0 Å². The lowest BCUT2D eigenvalue weighted by atomic mass is 10.2. The predicted molar refractivity (Wildman–Crippen MR) is 65.8 cm³/mol. The van der Waals surface area contributed by atoms with Crippen molar-refractivity contribution in [2.75, 3.05) is 7.11 Å². The number of halogens is 2. The first kappa shape index (κ1) is 11.4. The van der Waals surface area contributed by atoms with Crippen LogP contribution in [0.15, 0.2) is 28.7 Å². The van der Waals surface area contributed by atoms with E-state index in [4.69, 9.17) is 11.6 Å². The van der Waals surface area contributed by atoms with Crippen LogP contribution in [-0.4, -0.2) is 18.1 Å². The van der Waals surface area contributed by atoms with Crippen molar-refractivity contribution in [2.24, 2.45) is 0 Å². The van der Waals surface area contributed by atoms with Crippen LogP contribution >= 0.6 is 27.5 Å². The van der Waals surface area contributed by atoms with Gasteiger partial charge in [-0.1, -0.05) is 17.7 Å². The Morgan fingerprint density at radius 3 is 2.88 bits per heavy atom. The number of ether oxygens (including phenoxy) is 1. The Balaban J connectivity index is 2.66. The van der Waals surface area contributed by atoms with Gasteiger partial charge in [-0.2, -0.15) is 0 Å². The number of esters is 1. The lowest BCUT2D eigenvalue weighted by molar-refractivity contribution is 0.0594. The van der Waals surface area contributed by atoms with Crippen molar-refractivity contribution >= 4 is 44.4 Å². The summed E-state index contributed by atoms with van der Waals surface area (Å²) in [5.41, 5.74) is 0.963. The van der Waals surface area contributed by atoms with E-state index >= 15 is 0 Å². The van der Waals surface area contributed by atoms with Crippen molar-refractivity contribution in [3.8, 4) is 0 Å². The first-order valence-corrected chi connectivity index (χ1v) is 5.63. The average molecular weight is 301 g/mol. The summed E-state index contributed by atoms with van der Waals surface area (Å²) in [7, 11) is 1.32. The summed E-state index contributed by atoms with van der Waals surface area (Å²) in [6.45, 7) is 0. The van der Waals surface area contributed by atoms with Crippen LogP contribution in [0.4, 0.5) is 0 Å². The SMILES string of the molecule is COC(=O)c1ccc2cc(Cl)cc(Br)c2n1. The predicted octanol–water partition coefficient (Wildman–Crippen LogP) is 3.44. The van der Waals surface area contributed by atoms with Crippen molar-refractivity contribution < 1.29 is 9.53 Å². The Morgan fingerprint density at radius 2 is 2.19 bits per heavy atom. The Kier molecular flexibility index (Phi) is 3.12. The van der Waals surface area contributed by atoms with E-state index in [1.54, 1.807) is 24.3 Å².